The number of nitrogens with one attached hydrogen (secondary N) is 1. The Balaban J connectivity index is 0.000000481. The van der Waals surface area contributed by atoms with Crippen molar-refractivity contribution in [2.75, 3.05) is 24.7 Å². The summed E-state index contributed by atoms with van der Waals surface area (Å²) in [5.41, 5.74) is 13.0. The van der Waals surface area contributed by atoms with Crippen molar-refractivity contribution in [2.45, 2.75) is 45.1 Å². The first-order chi connectivity index (χ1) is 21.5. The fourth-order valence-electron chi connectivity index (χ4n) is 3.17. The Morgan fingerprint density at radius 3 is 2.02 bits per heavy atom. The van der Waals surface area contributed by atoms with E-state index in [0.717, 1.165) is 13.0 Å². The smallest absolute Gasteiger partial charge is 0.344 e. The van der Waals surface area contributed by atoms with Crippen LogP contribution in [-0.2, 0) is 28.7 Å². The lowest BCUT2D eigenvalue weighted by Gasteiger charge is -2.29. The highest BCUT2D eigenvalue weighted by molar-refractivity contribution is 6.31. The second kappa shape index (κ2) is 16.3. The number of aliphatic carboxylic acids is 1. The van der Waals surface area contributed by atoms with Crippen LogP contribution in [-0.4, -0.2) is 65.3 Å². The minimum atomic E-state index is -3.33. The number of hydrogen-bond acceptors (Lipinski definition) is 11. The molecule has 1 unspecified atom stereocenters. The number of carboxylic acid groups (broad SMARTS) is 1. The van der Waals surface area contributed by atoms with Crippen molar-refractivity contribution in [1.29, 1.82) is 0 Å². The maximum Gasteiger partial charge on any atom is 0.344 e. The van der Waals surface area contributed by atoms with Gasteiger partial charge in [-0.1, -0.05) is 23.2 Å². The van der Waals surface area contributed by atoms with E-state index in [9.17, 15) is 28.8 Å². The largest absolute Gasteiger partial charge is 0.480 e. The van der Waals surface area contributed by atoms with E-state index >= 15 is 0 Å². The minimum Gasteiger partial charge on any atom is -0.480 e. The first-order valence-corrected chi connectivity index (χ1v) is 12.6. The number of ketones is 2. The van der Waals surface area contributed by atoms with Gasteiger partial charge in [0.15, 0.2) is 11.6 Å². The zero-order chi connectivity index (χ0) is 36.7. The molecule has 0 aromatic heterocycles. The third-order valence-corrected chi connectivity index (χ3v) is 5.42. The first-order valence-electron chi connectivity index (χ1n) is 14.4. The molecule has 15 heteroatoms. The number of halogens is 2. The number of esters is 2. The summed E-state index contributed by atoms with van der Waals surface area (Å²) in [7, 11) is 0. The van der Waals surface area contributed by atoms with Gasteiger partial charge in [-0.05, 0) is 50.2 Å². The van der Waals surface area contributed by atoms with Crippen LogP contribution < -0.4 is 22.5 Å². The number of nitrogen functional groups attached to an aromatic ring is 2. The molecule has 2 aromatic carbocycles. The van der Waals surface area contributed by atoms with Crippen molar-refractivity contribution >= 4 is 70.0 Å². The molecule has 42 heavy (non-hydrogen) atoms. The predicted octanol–water partition coefficient (Wildman–Crippen LogP) is 2.40. The van der Waals surface area contributed by atoms with Gasteiger partial charge in [0.2, 0.25) is 11.4 Å². The molecule has 0 heterocycles. The molecule has 8 N–H and O–H groups in total. The van der Waals surface area contributed by atoms with Gasteiger partial charge in [-0.2, -0.15) is 0 Å². The fourth-order valence-corrected chi connectivity index (χ4v) is 3.51. The number of nitrogens with two attached hydrogens (primary N) is 3. The van der Waals surface area contributed by atoms with Crippen LogP contribution in [0, 0.1) is 0 Å². The molecule has 0 radical (unpaired) electrons. The third-order valence-electron chi connectivity index (χ3n) is 4.98. The number of hydrogen-bond donors (Lipinski definition) is 5. The summed E-state index contributed by atoms with van der Waals surface area (Å²) in [6.07, 6.45) is -4.05. The van der Waals surface area contributed by atoms with Crippen LogP contribution in [0.15, 0.2) is 36.4 Å². The highest BCUT2D eigenvalue weighted by atomic mass is 35.5. The van der Waals surface area contributed by atoms with E-state index in [1.54, 1.807) is 0 Å². The maximum absolute atomic E-state index is 12.7. The highest BCUT2D eigenvalue weighted by Crippen LogP contribution is 2.25. The lowest BCUT2D eigenvalue weighted by molar-refractivity contribution is -0.167. The Labute approximate surface area is 258 Å². The molecular weight excluding hydrogens is 595 g/mol. The van der Waals surface area contributed by atoms with Crippen LogP contribution in [0.2, 0.25) is 10.0 Å². The summed E-state index contributed by atoms with van der Waals surface area (Å²) in [5.74, 6) is -7.11. The van der Waals surface area contributed by atoms with Crippen LogP contribution in [0.1, 0.15) is 61.1 Å². The monoisotopic (exact) mass is 631 g/mol. The number of anilines is 2. The number of benzene rings is 2. The van der Waals surface area contributed by atoms with Crippen molar-refractivity contribution < 1.29 is 50.2 Å². The van der Waals surface area contributed by atoms with Crippen molar-refractivity contribution in [3.63, 3.8) is 0 Å². The van der Waals surface area contributed by atoms with Gasteiger partial charge in [0.25, 0.3) is 0 Å². The van der Waals surface area contributed by atoms with E-state index < -0.39 is 83.1 Å². The number of ether oxygens (including phenoxy) is 2. The molecule has 228 valence electrons. The summed E-state index contributed by atoms with van der Waals surface area (Å²) in [6, 6.07) is 0.691. The Hall–Kier alpha value is -4.20. The number of Topliss-reactive ketones (excluding diaryl/α,β-unsaturated/α-hetero) is 2. The van der Waals surface area contributed by atoms with E-state index in [1.165, 1.54) is 32.0 Å². The van der Waals surface area contributed by atoms with Gasteiger partial charge in [-0.15, -0.1) is 0 Å². The van der Waals surface area contributed by atoms with E-state index in [4.69, 9.17) is 61.8 Å². The molecule has 1 atom stereocenters. The number of rotatable bonds is 12. The van der Waals surface area contributed by atoms with E-state index in [2.05, 4.69) is 5.32 Å². The average molecular weight is 633 g/mol. The summed E-state index contributed by atoms with van der Waals surface area (Å²) < 4.78 is 47.1. The van der Waals surface area contributed by atoms with Crippen LogP contribution in [0.4, 0.5) is 11.4 Å². The molecule has 0 bridgehead atoms. The van der Waals surface area contributed by atoms with Crippen LogP contribution in [0.3, 0.4) is 0 Å². The zero-order valence-corrected chi connectivity index (χ0v) is 24.1. The second-order valence-corrected chi connectivity index (χ2v) is 8.90. The van der Waals surface area contributed by atoms with Crippen molar-refractivity contribution in [3.8, 4) is 0 Å². The third kappa shape index (κ3) is 10.0. The molecule has 0 saturated heterocycles. The van der Waals surface area contributed by atoms with E-state index in [1.807, 2.05) is 0 Å². The highest BCUT2D eigenvalue weighted by Gasteiger charge is 2.51. The molecular formula is C27H32Cl2N4O9. The van der Waals surface area contributed by atoms with Gasteiger partial charge in [0.1, 0.15) is 6.02 Å². The molecule has 0 aliphatic rings. The molecule has 13 nitrogen and oxygen atoms in total. The lowest BCUT2D eigenvalue weighted by atomic mass is 9.89. The molecule has 0 saturated carbocycles. The molecule has 0 aliphatic carbocycles. The van der Waals surface area contributed by atoms with Gasteiger partial charge < -0.3 is 37.1 Å². The fraction of sp³-hybridized carbons (Fsp3) is 0.333. The molecule has 1 amide bonds. The summed E-state index contributed by atoms with van der Waals surface area (Å²) in [4.78, 5) is 72.3. The molecule has 2 rings (SSSR count). The quantitative estimate of drug-likeness (QED) is 0.0983. The van der Waals surface area contributed by atoms with Gasteiger partial charge >= 0.3 is 17.9 Å². The summed E-state index contributed by atoms with van der Waals surface area (Å²) in [6.45, 7) is 4.04. The molecule has 2 aromatic rings. The SMILES string of the molecule is CCOC(=O)C(CC(=O)c1ccc(Cl)cc1N)(NC(C)=O)C(=O)OCC.[2H]c1cc(C(=O)C([2H])([2H])C([2H])(N)C(=O)O)c(N)c([2H])c1Cl. The Bertz CT molecular complexity index is 1570. The number of carboxylic acids is 1. The van der Waals surface area contributed by atoms with Crippen molar-refractivity contribution in [2.24, 2.45) is 5.73 Å². The molecule has 0 aliphatic heterocycles. The van der Waals surface area contributed by atoms with Crippen LogP contribution >= 0.6 is 23.2 Å². The Kier molecular flexibility index (Phi) is 10.8. The second-order valence-electron chi connectivity index (χ2n) is 8.09. The first kappa shape index (κ1) is 27.9. The molecule has 0 spiro atoms. The zero-order valence-electron chi connectivity index (χ0n) is 27.6. The van der Waals surface area contributed by atoms with Crippen molar-refractivity contribution in [3.05, 3.63) is 57.5 Å². The van der Waals surface area contributed by atoms with Crippen molar-refractivity contribution in [1.82, 2.24) is 5.32 Å². The minimum absolute atomic E-state index is 0.0534. The van der Waals surface area contributed by atoms with E-state index in [-0.39, 0.29) is 29.5 Å². The van der Waals surface area contributed by atoms with Crippen LogP contribution in [0.5, 0.6) is 0 Å². The number of amides is 1. The van der Waals surface area contributed by atoms with Crippen LogP contribution in [0.25, 0.3) is 0 Å². The Morgan fingerprint density at radius 2 is 1.55 bits per heavy atom. The predicted molar refractivity (Wildman–Crippen MR) is 155 cm³/mol. The van der Waals surface area contributed by atoms with Gasteiger partial charge in [0, 0.05) is 48.6 Å². The molecule has 0 fully saturated rings. The summed E-state index contributed by atoms with van der Waals surface area (Å²) in [5, 5.41) is 11.0. The standard InChI is InChI=1S/C17H21ClN2O6.C10H11ClN2O3/c1-4-25-15(23)17(20-10(3)21,16(24)26-5-2)9-14(22)12-7-6-11(18)8-13(12)19;11-5-1-2-6(7(12)3-5)9(14)4-8(13)10(15)16/h6-8H,4-5,9,19H2,1-3H3,(H,20,21);1-3,8H,4,12-13H2,(H,15,16)/i;1D,3D,4D2,8D. The van der Waals surface area contributed by atoms with Gasteiger partial charge in [0.05, 0.1) is 23.7 Å². The van der Waals surface area contributed by atoms with Gasteiger partial charge in [-0.25, -0.2) is 9.59 Å². The number of carbonyl (C=O) groups excluding carboxylic acids is 5. The lowest BCUT2D eigenvalue weighted by Crippen LogP contribution is -2.62. The van der Waals surface area contributed by atoms with E-state index in [0.29, 0.717) is 5.02 Å². The van der Waals surface area contributed by atoms with Gasteiger partial charge in [-0.3, -0.25) is 19.2 Å². The topological polar surface area (TPSA) is 231 Å². The maximum atomic E-state index is 12.7. The normalized spacial score (nSPS) is 14.1. The Morgan fingerprint density at radius 1 is 1.00 bits per heavy atom. The summed E-state index contributed by atoms with van der Waals surface area (Å²) >= 11 is 11.4. The number of carbonyl (C=O) groups is 6. The average Bonchev–Trinajstić information content (AvgIpc) is 2.97.